The molecule has 0 atom stereocenters. The molecule has 0 bridgehead atoms. The number of methoxy groups -OCH3 is 3. The first-order valence-electron chi connectivity index (χ1n) is 10.4. The van der Waals surface area contributed by atoms with Crippen LogP contribution in [0.25, 0.3) is 11.1 Å². The predicted molar refractivity (Wildman–Crippen MR) is 122 cm³/mol. The molecule has 7 heteroatoms. The Morgan fingerprint density at radius 3 is 1.82 bits per heavy atom. The average molecular weight is 445 g/mol. The molecule has 3 aromatic carbocycles. The van der Waals surface area contributed by atoms with Crippen LogP contribution in [-0.4, -0.2) is 50.9 Å². The first kappa shape index (κ1) is 22.1. The maximum Gasteiger partial charge on any atom is 0.261 e. The van der Waals surface area contributed by atoms with Crippen molar-refractivity contribution in [1.29, 1.82) is 0 Å². The number of imide groups is 1. The van der Waals surface area contributed by atoms with Gasteiger partial charge in [-0.2, -0.15) is 0 Å². The Hall–Kier alpha value is -4.13. The summed E-state index contributed by atoms with van der Waals surface area (Å²) in [7, 11) is 4.54. The Bertz CT molecular complexity index is 1210. The zero-order valence-corrected chi connectivity index (χ0v) is 18.6. The molecule has 4 rings (SSSR count). The number of ether oxygens (including phenoxy) is 3. The second kappa shape index (κ2) is 9.16. The van der Waals surface area contributed by atoms with Crippen molar-refractivity contribution in [2.75, 3.05) is 27.9 Å². The Balaban J connectivity index is 1.76. The largest absolute Gasteiger partial charge is 0.492 e. The molecule has 0 N–H and O–H groups in total. The third-order valence-corrected chi connectivity index (χ3v) is 5.74. The minimum atomic E-state index is -0.318. The van der Waals surface area contributed by atoms with E-state index in [1.165, 1.54) is 26.2 Å². The first-order valence-corrected chi connectivity index (χ1v) is 10.4. The van der Waals surface area contributed by atoms with Crippen molar-refractivity contribution >= 4 is 18.1 Å². The van der Waals surface area contributed by atoms with E-state index in [4.69, 9.17) is 14.2 Å². The van der Waals surface area contributed by atoms with Gasteiger partial charge in [-0.1, -0.05) is 36.4 Å². The minimum absolute atomic E-state index is 0.160. The first-order chi connectivity index (χ1) is 16.0. The van der Waals surface area contributed by atoms with Gasteiger partial charge in [-0.25, -0.2) is 0 Å². The Morgan fingerprint density at radius 1 is 0.727 bits per heavy atom. The van der Waals surface area contributed by atoms with E-state index in [1.807, 2.05) is 18.2 Å². The summed E-state index contributed by atoms with van der Waals surface area (Å²) >= 11 is 0. The number of carbonyl (C=O) groups excluding carboxylic acids is 3. The molecule has 33 heavy (non-hydrogen) atoms. The Morgan fingerprint density at radius 2 is 1.27 bits per heavy atom. The lowest BCUT2D eigenvalue weighted by Gasteiger charge is -2.21. The standard InChI is InChI=1S/C26H23NO6/c1-31-22-16(12-13-27-25(29)19-10-6-7-11-20(19)26(27)30)14-21(23(32-2)24(22)33-3)18-9-5-4-8-17(18)15-28/h4-11,14-15H,12-13H2,1-3H3. The van der Waals surface area contributed by atoms with E-state index < -0.39 is 0 Å². The molecule has 7 nitrogen and oxygen atoms in total. The molecule has 1 aliphatic heterocycles. The molecular weight excluding hydrogens is 422 g/mol. The smallest absolute Gasteiger partial charge is 0.261 e. The third-order valence-electron chi connectivity index (χ3n) is 5.74. The lowest BCUT2D eigenvalue weighted by Crippen LogP contribution is -2.31. The van der Waals surface area contributed by atoms with E-state index in [2.05, 4.69) is 0 Å². The summed E-state index contributed by atoms with van der Waals surface area (Å²) in [6.07, 6.45) is 1.11. The van der Waals surface area contributed by atoms with E-state index in [0.29, 0.717) is 57.1 Å². The van der Waals surface area contributed by atoms with Gasteiger partial charge in [0.2, 0.25) is 5.75 Å². The summed E-state index contributed by atoms with van der Waals surface area (Å²) in [4.78, 5) is 38.4. The van der Waals surface area contributed by atoms with Gasteiger partial charge in [0.05, 0.1) is 32.5 Å². The van der Waals surface area contributed by atoms with Gasteiger partial charge in [-0.3, -0.25) is 19.3 Å². The van der Waals surface area contributed by atoms with E-state index >= 15 is 0 Å². The van der Waals surface area contributed by atoms with E-state index in [9.17, 15) is 14.4 Å². The zero-order valence-electron chi connectivity index (χ0n) is 18.6. The topological polar surface area (TPSA) is 82.1 Å². The summed E-state index contributed by atoms with van der Waals surface area (Å²) in [5.74, 6) is 0.602. The summed E-state index contributed by atoms with van der Waals surface area (Å²) < 4.78 is 16.9. The lowest BCUT2D eigenvalue weighted by molar-refractivity contribution is 0.0655. The van der Waals surface area contributed by atoms with Gasteiger partial charge in [0, 0.05) is 23.2 Å². The third kappa shape index (κ3) is 3.71. The highest BCUT2D eigenvalue weighted by Gasteiger charge is 2.35. The Kier molecular flexibility index (Phi) is 6.13. The van der Waals surface area contributed by atoms with Crippen LogP contribution in [0.5, 0.6) is 17.2 Å². The number of nitrogens with zero attached hydrogens (tertiary/aromatic N) is 1. The molecule has 2 amide bonds. The monoisotopic (exact) mass is 445 g/mol. The quantitative estimate of drug-likeness (QED) is 0.385. The van der Waals surface area contributed by atoms with Crippen molar-refractivity contribution < 1.29 is 28.6 Å². The molecule has 0 saturated heterocycles. The van der Waals surface area contributed by atoms with Crippen LogP contribution < -0.4 is 14.2 Å². The fraction of sp³-hybridized carbons (Fsp3) is 0.192. The summed E-state index contributed by atoms with van der Waals surface area (Å²) in [5, 5.41) is 0. The van der Waals surface area contributed by atoms with E-state index in [-0.39, 0.29) is 18.4 Å². The molecule has 3 aromatic rings. The average Bonchev–Trinajstić information content (AvgIpc) is 3.10. The second-order valence-electron chi connectivity index (χ2n) is 7.45. The summed E-state index contributed by atoms with van der Waals surface area (Å²) in [6.45, 7) is 0.160. The lowest BCUT2D eigenvalue weighted by atomic mass is 9.95. The number of aldehydes is 1. The highest BCUT2D eigenvalue weighted by Crippen LogP contribution is 2.47. The van der Waals surface area contributed by atoms with Gasteiger partial charge in [-0.05, 0) is 30.2 Å². The SMILES string of the molecule is COc1c(CCN2C(=O)c3ccccc3C2=O)cc(-c2ccccc2C=O)c(OC)c1OC. The van der Waals surface area contributed by atoms with Gasteiger partial charge < -0.3 is 14.2 Å². The number of fused-ring (bicyclic) bond motifs is 1. The van der Waals surface area contributed by atoms with Gasteiger partial charge in [0.15, 0.2) is 17.8 Å². The van der Waals surface area contributed by atoms with Crippen molar-refractivity contribution in [1.82, 2.24) is 4.90 Å². The number of hydrogen-bond donors (Lipinski definition) is 0. The van der Waals surface area contributed by atoms with Crippen LogP contribution in [0, 0.1) is 0 Å². The van der Waals surface area contributed by atoms with Crippen molar-refractivity contribution in [3.8, 4) is 28.4 Å². The van der Waals surface area contributed by atoms with Crippen LogP contribution in [0.15, 0.2) is 54.6 Å². The molecule has 0 radical (unpaired) electrons. The number of benzene rings is 3. The molecule has 0 aliphatic carbocycles. The number of amides is 2. The molecular formula is C26H23NO6. The number of rotatable bonds is 8. The predicted octanol–water partition coefficient (Wildman–Crippen LogP) is 4.03. The van der Waals surface area contributed by atoms with Crippen LogP contribution in [0.1, 0.15) is 36.6 Å². The van der Waals surface area contributed by atoms with Crippen LogP contribution in [0.3, 0.4) is 0 Å². The fourth-order valence-corrected chi connectivity index (χ4v) is 4.19. The Labute approximate surface area is 191 Å². The molecule has 0 aromatic heterocycles. The molecule has 0 saturated carbocycles. The van der Waals surface area contributed by atoms with Crippen molar-refractivity contribution in [3.63, 3.8) is 0 Å². The van der Waals surface area contributed by atoms with Crippen molar-refractivity contribution in [2.24, 2.45) is 0 Å². The van der Waals surface area contributed by atoms with Gasteiger partial charge in [0.25, 0.3) is 11.8 Å². The van der Waals surface area contributed by atoms with Crippen LogP contribution in [0.2, 0.25) is 0 Å². The summed E-state index contributed by atoms with van der Waals surface area (Å²) in [6, 6.07) is 15.8. The van der Waals surface area contributed by atoms with E-state index in [0.717, 1.165) is 6.29 Å². The highest BCUT2D eigenvalue weighted by molar-refractivity contribution is 6.21. The van der Waals surface area contributed by atoms with Crippen LogP contribution in [-0.2, 0) is 6.42 Å². The highest BCUT2D eigenvalue weighted by atomic mass is 16.5. The minimum Gasteiger partial charge on any atom is -0.492 e. The summed E-state index contributed by atoms with van der Waals surface area (Å²) in [5.41, 5.74) is 3.34. The molecule has 168 valence electrons. The zero-order chi connectivity index (χ0) is 23.5. The van der Waals surface area contributed by atoms with Gasteiger partial charge in [-0.15, -0.1) is 0 Å². The van der Waals surface area contributed by atoms with Gasteiger partial charge >= 0.3 is 0 Å². The second-order valence-corrected chi connectivity index (χ2v) is 7.45. The van der Waals surface area contributed by atoms with Crippen LogP contribution in [0.4, 0.5) is 0 Å². The molecule has 0 spiro atoms. The molecule has 1 heterocycles. The van der Waals surface area contributed by atoms with Gasteiger partial charge in [0.1, 0.15) is 0 Å². The van der Waals surface area contributed by atoms with Crippen LogP contribution >= 0.6 is 0 Å². The fourth-order valence-electron chi connectivity index (χ4n) is 4.19. The maximum atomic E-state index is 12.8. The molecule has 1 aliphatic rings. The number of hydrogen-bond acceptors (Lipinski definition) is 6. The molecule has 0 fully saturated rings. The van der Waals surface area contributed by atoms with Crippen molar-refractivity contribution in [2.45, 2.75) is 6.42 Å². The van der Waals surface area contributed by atoms with E-state index in [1.54, 1.807) is 36.4 Å². The normalized spacial score (nSPS) is 12.5. The number of carbonyl (C=O) groups is 3. The maximum absolute atomic E-state index is 12.8. The molecule has 0 unspecified atom stereocenters. The van der Waals surface area contributed by atoms with Crippen molar-refractivity contribution in [3.05, 3.63) is 76.9 Å².